The molecule has 21 heavy (non-hydrogen) atoms. The molecule has 0 fully saturated rings. The van der Waals surface area contributed by atoms with E-state index in [2.05, 4.69) is 30.9 Å². The average molecular weight is 291 g/mol. The minimum Gasteiger partial charge on any atom is -0.497 e. The SMILES string of the molecule is COc1ccc2c(c1)C(N(CCC(=O)O)C(C)C)CCC2. The fourth-order valence-corrected chi connectivity index (χ4v) is 3.22. The van der Waals surface area contributed by atoms with Gasteiger partial charge in [0.25, 0.3) is 0 Å². The van der Waals surface area contributed by atoms with Crippen LogP contribution in [0.1, 0.15) is 50.3 Å². The summed E-state index contributed by atoms with van der Waals surface area (Å²) in [4.78, 5) is 13.2. The van der Waals surface area contributed by atoms with Gasteiger partial charge in [0.05, 0.1) is 13.5 Å². The molecule has 1 aliphatic carbocycles. The van der Waals surface area contributed by atoms with Crippen LogP contribution in [0, 0.1) is 0 Å². The predicted molar refractivity (Wildman–Crippen MR) is 82.8 cm³/mol. The van der Waals surface area contributed by atoms with Gasteiger partial charge in [-0.15, -0.1) is 0 Å². The monoisotopic (exact) mass is 291 g/mol. The average Bonchev–Trinajstić information content (AvgIpc) is 2.46. The number of nitrogens with zero attached hydrogens (tertiary/aromatic N) is 1. The highest BCUT2D eigenvalue weighted by Gasteiger charge is 2.28. The van der Waals surface area contributed by atoms with E-state index in [1.165, 1.54) is 11.1 Å². The van der Waals surface area contributed by atoms with Gasteiger partial charge in [0.1, 0.15) is 5.75 Å². The number of rotatable bonds is 6. The van der Waals surface area contributed by atoms with Gasteiger partial charge in [-0.05, 0) is 56.4 Å². The van der Waals surface area contributed by atoms with Crippen LogP contribution >= 0.6 is 0 Å². The molecule has 1 atom stereocenters. The molecule has 1 aromatic carbocycles. The molecule has 0 saturated carbocycles. The van der Waals surface area contributed by atoms with Crippen molar-refractivity contribution in [2.45, 2.75) is 51.6 Å². The Labute approximate surface area is 126 Å². The molecular formula is C17H25NO3. The van der Waals surface area contributed by atoms with Crippen molar-refractivity contribution < 1.29 is 14.6 Å². The fourth-order valence-electron chi connectivity index (χ4n) is 3.22. The molecule has 0 saturated heterocycles. The van der Waals surface area contributed by atoms with Gasteiger partial charge in [-0.25, -0.2) is 0 Å². The maximum Gasteiger partial charge on any atom is 0.304 e. The quantitative estimate of drug-likeness (QED) is 0.874. The number of aliphatic carboxylic acids is 1. The molecule has 0 bridgehead atoms. The lowest BCUT2D eigenvalue weighted by Gasteiger charge is -2.38. The molecule has 0 aliphatic heterocycles. The van der Waals surface area contributed by atoms with Gasteiger partial charge < -0.3 is 9.84 Å². The molecule has 1 N–H and O–H groups in total. The van der Waals surface area contributed by atoms with E-state index in [9.17, 15) is 4.79 Å². The van der Waals surface area contributed by atoms with Crippen molar-refractivity contribution in [1.82, 2.24) is 4.90 Å². The largest absolute Gasteiger partial charge is 0.497 e. The minimum atomic E-state index is -0.734. The van der Waals surface area contributed by atoms with Crippen LogP contribution < -0.4 is 4.74 Å². The number of fused-ring (bicyclic) bond motifs is 1. The number of carbonyl (C=O) groups is 1. The summed E-state index contributed by atoms with van der Waals surface area (Å²) < 4.78 is 5.35. The van der Waals surface area contributed by atoms with E-state index in [1.807, 2.05) is 6.07 Å². The first-order valence-corrected chi connectivity index (χ1v) is 7.67. The first kappa shape index (κ1) is 15.8. The van der Waals surface area contributed by atoms with Gasteiger partial charge in [-0.3, -0.25) is 9.69 Å². The Kier molecular flexibility index (Phi) is 5.23. The number of carboxylic acids is 1. The molecule has 1 aromatic rings. The standard InChI is InChI=1S/C17H25NO3/c1-12(2)18(10-9-17(19)20)16-6-4-5-13-7-8-14(21-3)11-15(13)16/h7-8,11-12,16H,4-6,9-10H2,1-3H3,(H,19,20). The number of ether oxygens (including phenoxy) is 1. The number of benzene rings is 1. The highest BCUT2D eigenvalue weighted by molar-refractivity contribution is 5.66. The zero-order valence-electron chi connectivity index (χ0n) is 13.1. The Morgan fingerprint density at radius 1 is 1.48 bits per heavy atom. The van der Waals surface area contributed by atoms with Crippen LogP contribution in [0.4, 0.5) is 0 Å². The summed E-state index contributed by atoms with van der Waals surface area (Å²) in [7, 11) is 1.68. The normalized spacial score (nSPS) is 17.9. The second-order valence-corrected chi connectivity index (χ2v) is 5.95. The molecule has 1 unspecified atom stereocenters. The summed E-state index contributed by atoms with van der Waals surface area (Å²) >= 11 is 0. The van der Waals surface area contributed by atoms with E-state index in [4.69, 9.17) is 9.84 Å². The molecule has 1 aliphatic rings. The number of hydrogen-bond acceptors (Lipinski definition) is 3. The third-order valence-corrected chi connectivity index (χ3v) is 4.28. The van der Waals surface area contributed by atoms with Crippen molar-refractivity contribution in [1.29, 1.82) is 0 Å². The molecule has 0 heterocycles. The van der Waals surface area contributed by atoms with Gasteiger partial charge >= 0.3 is 5.97 Å². The van der Waals surface area contributed by atoms with Gasteiger partial charge in [-0.2, -0.15) is 0 Å². The third kappa shape index (κ3) is 3.76. The van der Waals surface area contributed by atoms with Crippen LogP contribution in [0.3, 0.4) is 0 Å². The van der Waals surface area contributed by atoms with Crippen molar-refractivity contribution in [2.75, 3.05) is 13.7 Å². The Balaban J connectivity index is 2.28. The zero-order valence-corrected chi connectivity index (χ0v) is 13.1. The molecule has 0 aromatic heterocycles. The summed E-state index contributed by atoms with van der Waals surface area (Å²) in [6, 6.07) is 6.90. The first-order chi connectivity index (χ1) is 10.0. The Bertz CT molecular complexity index is 499. The van der Waals surface area contributed by atoms with E-state index in [-0.39, 0.29) is 6.42 Å². The molecule has 4 heteroatoms. The summed E-state index contributed by atoms with van der Waals surface area (Å²) in [6.45, 7) is 4.86. The van der Waals surface area contributed by atoms with Crippen LogP contribution in [0.2, 0.25) is 0 Å². The van der Waals surface area contributed by atoms with E-state index in [1.54, 1.807) is 7.11 Å². The molecular weight excluding hydrogens is 266 g/mol. The van der Waals surface area contributed by atoms with E-state index in [0.717, 1.165) is 25.0 Å². The van der Waals surface area contributed by atoms with E-state index < -0.39 is 5.97 Å². The fraction of sp³-hybridized carbons (Fsp3) is 0.588. The van der Waals surface area contributed by atoms with Crippen LogP contribution in [-0.2, 0) is 11.2 Å². The molecule has 116 valence electrons. The van der Waals surface area contributed by atoms with Gasteiger partial charge in [-0.1, -0.05) is 6.07 Å². The summed E-state index contributed by atoms with van der Waals surface area (Å²) in [5.41, 5.74) is 2.67. The van der Waals surface area contributed by atoms with Crippen molar-refractivity contribution in [3.63, 3.8) is 0 Å². The number of carboxylic acid groups (broad SMARTS) is 1. The lowest BCUT2D eigenvalue weighted by molar-refractivity contribution is -0.137. The maximum absolute atomic E-state index is 10.9. The van der Waals surface area contributed by atoms with Crippen LogP contribution in [-0.4, -0.2) is 35.7 Å². The van der Waals surface area contributed by atoms with Gasteiger partial charge in [0, 0.05) is 18.6 Å². The molecule has 4 nitrogen and oxygen atoms in total. The topological polar surface area (TPSA) is 49.8 Å². The van der Waals surface area contributed by atoms with Crippen LogP contribution in [0.15, 0.2) is 18.2 Å². The molecule has 0 spiro atoms. The highest BCUT2D eigenvalue weighted by atomic mass is 16.5. The molecule has 0 amide bonds. The smallest absolute Gasteiger partial charge is 0.304 e. The zero-order chi connectivity index (χ0) is 15.4. The number of methoxy groups -OCH3 is 1. The first-order valence-electron chi connectivity index (χ1n) is 7.67. The van der Waals surface area contributed by atoms with Crippen molar-refractivity contribution in [2.24, 2.45) is 0 Å². The van der Waals surface area contributed by atoms with Gasteiger partial charge in [0.2, 0.25) is 0 Å². The maximum atomic E-state index is 10.9. The Hall–Kier alpha value is -1.55. The van der Waals surface area contributed by atoms with Gasteiger partial charge in [0.15, 0.2) is 0 Å². The highest BCUT2D eigenvalue weighted by Crippen LogP contribution is 2.37. The Morgan fingerprint density at radius 3 is 2.86 bits per heavy atom. The van der Waals surface area contributed by atoms with E-state index in [0.29, 0.717) is 18.6 Å². The number of aryl methyl sites for hydroxylation is 1. The van der Waals surface area contributed by atoms with Crippen molar-refractivity contribution in [3.8, 4) is 5.75 Å². The van der Waals surface area contributed by atoms with Crippen LogP contribution in [0.5, 0.6) is 5.75 Å². The van der Waals surface area contributed by atoms with Crippen LogP contribution in [0.25, 0.3) is 0 Å². The second kappa shape index (κ2) is 6.94. The summed E-state index contributed by atoms with van der Waals surface area (Å²) in [5, 5.41) is 8.97. The van der Waals surface area contributed by atoms with Crippen molar-refractivity contribution in [3.05, 3.63) is 29.3 Å². The van der Waals surface area contributed by atoms with Crippen molar-refractivity contribution >= 4 is 5.97 Å². The second-order valence-electron chi connectivity index (χ2n) is 5.95. The predicted octanol–water partition coefficient (Wildman–Crippen LogP) is 3.26. The summed E-state index contributed by atoms with van der Waals surface area (Å²) in [5.74, 6) is 0.143. The Morgan fingerprint density at radius 2 is 2.24 bits per heavy atom. The summed E-state index contributed by atoms with van der Waals surface area (Å²) in [6.07, 6.45) is 3.52. The third-order valence-electron chi connectivity index (χ3n) is 4.28. The number of hydrogen-bond donors (Lipinski definition) is 1. The lowest BCUT2D eigenvalue weighted by atomic mass is 9.86. The van der Waals surface area contributed by atoms with E-state index >= 15 is 0 Å². The lowest BCUT2D eigenvalue weighted by Crippen LogP contribution is -2.38. The minimum absolute atomic E-state index is 0.188. The molecule has 0 radical (unpaired) electrons. The molecule has 2 rings (SSSR count).